The van der Waals surface area contributed by atoms with Gasteiger partial charge >= 0.3 is 5.69 Å². The Morgan fingerprint density at radius 3 is 2.71 bits per heavy atom. The van der Waals surface area contributed by atoms with Crippen molar-refractivity contribution in [3.63, 3.8) is 0 Å². The molecule has 0 bridgehead atoms. The number of rotatable bonds is 2. The van der Waals surface area contributed by atoms with Gasteiger partial charge in [0.25, 0.3) is 5.56 Å². The number of fused-ring (bicyclic) bond motifs is 2. The number of aryl methyl sites for hydroxylation is 4. The number of pyridine rings is 1. The molecule has 2 aromatic heterocycles. The summed E-state index contributed by atoms with van der Waals surface area (Å²) in [5.74, 6) is -0.261. The number of para-hydroxylation sites is 1. The molecule has 0 saturated carbocycles. The van der Waals surface area contributed by atoms with E-state index in [4.69, 9.17) is 0 Å². The third kappa shape index (κ3) is 2.83. The van der Waals surface area contributed by atoms with Crippen molar-refractivity contribution in [2.24, 2.45) is 7.05 Å². The van der Waals surface area contributed by atoms with Crippen LogP contribution in [0.5, 0.6) is 0 Å². The van der Waals surface area contributed by atoms with Gasteiger partial charge in [0.05, 0.1) is 5.39 Å². The smallest absolute Gasteiger partial charge is 0.311 e. The highest BCUT2D eigenvalue weighted by molar-refractivity contribution is 5.94. The molecule has 0 spiro atoms. The molecule has 4 rings (SSSR count). The maximum Gasteiger partial charge on any atom is 0.332 e. The highest BCUT2D eigenvalue weighted by atomic mass is 16.2. The van der Waals surface area contributed by atoms with Gasteiger partial charge in [0.2, 0.25) is 5.91 Å². The topological polar surface area (TPSA) is 77.2 Å². The van der Waals surface area contributed by atoms with Crippen LogP contribution < -0.4 is 16.1 Å². The Labute approximate surface area is 161 Å². The second-order valence-electron chi connectivity index (χ2n) is 7.29. The Morgan fingerprint density at radius 1 is 1.18 bits per heavy atom. The molecule has 1 aromatic carbocycles. The van der Waals surface area contributed by atoms with Crippen molar-refractivity contribution in [3.05, 3.63) is 68.0 Å². The molecule has 1 aliphatic heterocycles. The van der Waals surface area contributed by atoms with Crippen LogP contribution in [0.4, 0.5) is 5.69 Å². The summed E-state index contributed by atoms with van der Waals surface area (Å²) in [5.41, 5.74) is 2.79. The van der Waals surface area contributed by atoms with Gasteiger partial charge in [-0.15, -0.1) is 0 Å². The van der Waals surface area contributed by atoms with Crippen LogP contribution in [-0.2, 0) is 24.8 Å². The maximum absolute atomic E-state index is 13.0. The minimum absolute atomic E-state index is 0.261. The molecule has 28 heavy (non-hydrogen) atoms. The highest BCUT2D eigenvalue weighted by Gasteiger charge is 2.24. The van der Waals surface area contributed by atoms with Crippen LogP contribution >= 0.6 is 0 Å². The molecule has 0 atom stereocenters. The van der Waals surface area contributed by atoms with Crippen LogP contribution in [0.15, 0.2) is 39.9 Å². The van der Waals surface area contributed by atoms with Crippen LogP contribution in [0, 0.1) is 13.8 Å². The van der Waals surface area contributed by atoms with Crippen LogP contribution in [0.3, 0.4) is 0 Å². The Morgan fingerprint density at radius 2 is 1.93 bits per heavy atom. The van der Waals surface area contributed by atoms with Gasteiger partial charge in [-0.2, -0.15) is 0 Å². The SMILES string of the molecule is Cc1cc(C)c2c(=O)n(CC(=O)N3CCCc4ccccc43)c(=O)n(C)c2n1. The first-order chi connectivity index (χ1) is 13.4. The molecule has 0 N–H and O–H groups in total. The van der Waals surface area contributed by atoms with Crippen molar-refractivity contribution in [1.82, 2.24) is 14.1 Å². The van der Waals surface area contributed by atoms with Gasteiger partial charge in [-0.05, 0) is 49.9 Å². The number of hydrogen-bond donors (Lipinski definition) is 0. The molecule has 0 fully saturated rings. The van der Waals surface area contributed by atoms with Crippen LogP contribution in [0.2, 0.25) is 0 Å². The summed E-state index contributed by atoms with van der Waals surface area (Å²) in [7, 11) is 1.58. The Kier molecular flexibility index (Phi) is 4.37. The average molecular weight is 378 g/mol. The molecular weight excluding hydrogens is 356 g/mol. The van der Waals surface area contributed by atoms with Crippen molar-refractivity contribution in [3.8, 4) is 0 Å². The summed E-state index contributed by atoms with van der Waals surface area (Å²) >= 11 is 0. The van der Waals surface area contributed by atoms with Crippen LogP contribution in [-0.4, -0.2) is 26.6 Å². The summed E-state index contributed by atoms with van der Waals surface area (Å²) in [6.07, 6.45) is 1.78. The summed E-state index contributed by atoms with van der Waals surface area (Å²) < 4.78 is 2.36. The minimum Gasteiger partial charge on any atom is -0.311 e. The third-order valence-corrected chi connectivity index (χ3v) is 5.32. The lowest BCUT2D eigenvalue weighted by Gasteiger charge is -2.29. The van der Waals surface area contributed by atoms with Crippen molar-refractivity contribution >= 4 is 22.6 Å². The van der Waals surface area contributed by atoms with E-state index in [1.165, 1.54) is 4.57 Å². The van der Waals surface area contributed by atoms with E-state index in [9.17, 15) is 14.4 Å². The lowest BCUT2D eigenvalue weighted by Crippen LogP contribution is -2.45. The maximum atomic E-state index is 13.0. The van der Waals surface area contributed by atoms with E-state index in [1.54, 1.807) is 18.0 Å². The number of carbonyl (C=O) groups is 1. The largest absolute Gasteiger partial charge is 0.332 e. The van der Waals surface area contributed by atoms with Crippen molar-refractivity contribution in [2.75, 3.05) is 11.4 Å². The zero-order chi connectivity index (χ0) is 20.0. The van der Waals surface area contributed by atoms with E-state index < -0.39 is 11.2 Å². The summed E-state index contributed by atoms with van der Waals surface area (Å²) in [5, 5.41) is 0.375. The van der Waals surface area contributed by atoms with Gasteiger partial charge in [-0.1, -0.05) is 18.2 Å². The van der Waals surface area contributed by atoms with Crippen LogP contribution in [0.25, 0.3) is 11.0 Å². The highest BCUT2D eigenvalue weighted by Crippen LogP contribution is 2.26. The molecule has 0 aliphatic carbocycles. The van der Waals surface area contributed by atoms with Gasteiger partial charge in [0.1, 0.15) is 12.2 Å². The fraction of sp³-hybridized carbons (Fsp3) is 0.333. The molecule has 7 heteroatoms. The van der Waals surface area contributed by atoms with E-state index in [2.05, 4.69) is 4.98 Å². The number of hydrogen-bond acceptors (Lipinski definition) is 4. The van der Waals surface area contributed by atoms with E-state index in [0.717, 1.165) is 39.9 Å². The number of benzene rings is 1. The van der Waals surface area contributed by atoms with E-state index in [0.29, 0.717) is 17.6 Å². The van der Waals surface area contributed by atoms with Gasteiger partial charge in [0, 0.05) is 25.0 Å². The molecular formula is C21H22N4O3. The Balaban J connectivity index is 1.80. The summed E-state index contributed by atoms with van der Waals surface area (Å²) in [4.78, 5) is 44.9. The predicted molar refractivity (Wildman–Crippen MR) is 108 cm³/mol. The second-order valence-corrected chi connectivity index (χ2v) is 7.29. The number of aromatic nitrogens is 3. The lowest BCUT2D eigenvalue weighted by molar-refractivity contribution is -0.119. The van der Waals surface area contributed by atoms with Gasteiger partial charge in [-0.25, -0.2) is 9.78 Å². The van der Waals surface area contributed by atoms with Crippen molar-refractivity contribution in [2.45, 2.75) is 33.2 Å². The predicted octanol–water partition coefficient (Wildman–Crippen LogP) is 1.69. The number of carbonyl (C=O) groups excluding carboxylic acids is 1. The molecule has 1 amide bonds. The van der Waals surface area contributed by atoms with Crippen molar-refractivity contribution < 1.29 is 4.79 Å². The third-order valence-electron chi connectivity index (χ3n) is 5.32. The molecule has 0 radical (unpaired) electrons. The molecule has 144 valence electrons. The first kappa shape index (κ1) is 18.2. The Hall–Kier alpha value is -3.22. The quantitative estimate of drug-likeness (QED) is 0.680. The fourth-order valence-electron chi connectivity index (χ4n) is 3.97. The lowest BCUT2D eigenvalue weighted by atomic mass is 10.0. The molecule has 0 saturated heterocycles. The van der Waals surface area contributed by atoms with Crippen molar-refractivity contribution in [1.29, 1.82) is 0 Å². The van der Waals surface area contributed by atoms with E-state index in [-0.39, 0.29) is 12.5 Å². The molecule has 0 unspecified atom stereocenters. The van der Waals surface area contributed by atoms with Gasteiger partial charge in [0.15, 0.2) is 0 Å². The number of amides is 1. The number of nitrogens with zero attached hydrogens (tertiary/aromatic N) is 4. The average Bonchev–Trinajstić information content (AvgIpc) is 2.68. The van der Waals surface area contributed by atoms with E-state index >= 15 is 0 Å². The normalized spacial score (nSPS) is 13.6. The first-order valence-electron chi connectivity index (χ1n) is 9.34. The van der Waals surface area contributed by atoms with Gasteiger partial charge in [-0.3, -0.25) is 18.7 Å². The fourth-order valence-corrected chi connectivity index (χ4v) is 3.97. The van der Waals surface area contributed by atoms with E-state index in [1.807, 2.05) is 38.1 Å². The summed E-state index contributed by atoms with van der Waals surface area (Å²) in [6.45, 7) is 3.93. The molecule has 3 heterocycles. The molecule has 7 nitrogen and oxygen atoms in total. The Bertz CT molecular complexity index is 1220. The zero-order valence-electron chi connectivity index (χ0n) is 16.2. The minimum atomic E-state index is -0.534. The zero-order valence-corrected chi connectivity index (χ0v) is 16.2. The molecule has 3 aromatic rings. The first-order valence-corrected chi connectivity index (χ1v) is 9.34. The number of anilines is 1. The molecule has 1 aliphatic rings. The van der Waals surface area contributed by atoms with Crippen LogP contribution in [0.1, 0.15) is 23.2 Å². The standard InChI is InChI=1S/C21H22N4O3/c1-13-11-14(2)22-19-18(13)20(27)25(21(28)23(19)3)12-17(26)24-10-6-8-15-7-4-5-9-16(15)24/h4-5,7,9,11H,6,8,10,12H2,1-3H3. The monoisotopic (exact) mass is 378 g/mol. The van der Waals surface area contributed by atoms with Gasteiger partial charge < -0.3 is 4.90 Å². The summed E-state index contributed by atoms with van der Waals surface area (Å²) in [6, 6.07) is 9.57. The second kappa shape index (κ2) is 6.74.